The van der Waals surface area contributed by atoms with E-state index in [2.05, 4.69) is 9.98 Å². The molecule has 1 aliphatic heterocycles. The Balaban J connectivity index is 2.40. The molecule has 0 aromatic rings. The molecule has 0 fully saturated rings. The third-order valence-electron chi connectivity index (χ3n) is 2.60. The smallest absolute Gasteiger partial charge is 0.260 e. The van der Waals surface area contributed by atoms with Crippen molar-refractivity contribution in [1.29, 1.82) is 5.26 Å². The van der Waals surface area contributed by atoms with Gasteiger partial charge in [0.25, 0.3) is 5.91 Å². The molecule has 0 N–H and O–H groups in total. The van der Waals surface area contributed by atoms with Gasteiger partial charge >= 0.3 is 0 Å². The molecule has 6 heteroatoms. The molecule has 1 aliphatic carbocycles. The molecule has 0 saturated carbocycles. The van der Waals surface area contributed by atoms with E-state index in [1.807, 2.05) is 6.07 Å². The van der Waals surface area contributed by atoms with Gasteiger partial charge in [-0.05, 0) is 6.08 Å². The number of ether oxygens (including phenoxy) is 2. The molecule has 1 unspecified atom stereocenters. The molecule has 1 heterocycles. The summed E-state index contributed by atoms with van der Waals surface area (Å²) in [7, 11) is 3.01. The molecule has 0 bridgehead atoms. The fraction of sp³-hybridized carbons (Fsp3) is 0.333. The monoisotopic (exact) mass is 245 g/mol. The number of nitriles is 1. The standard InChI is InChI=1S/C12H11N3O3/c1-17-9-5-7-8(6-10(9)18-2)14-11(3-4-13)15-12(7)16/h5-7H,3H2,1-2H3. The largest absolute Gasteiger partial charge is 0.493 e. The maximum absolute atomic E-state index is 11.8. The quantitative estimate of drug-likeness (QED) is 0.741. The summed E-state index contributed by atoms with van der Waals surface area (Å²) in [6.07, 6.45) is 3.26. The summed E-state index contributed by atoms with van der Waals surface area (Å²) in [5.74, 6) is 0.314. The van der Waals surface area contributed by atoms with Crippen molar-refractivity contribution in [2.45, 2.75) is 6.42 Å². The molecule has 2 rings (SSSR count). The van der Waals surface area contributed by atoms with Gasteiger partial charge in [0.15, 0.2) is 11.5 Å². The maximum atomic E-state index is 11.8. The lowest BCUT2D eigenvalue weighted by molar-refractivity contribution is -0.118. The fourth-order valence-electron chi connectivity index (χ4n) is 1.76. The minimum absolute atomic E-state index is 0.0129. The van der Waals surface area contributed by atoms with Crippen LogP contribution in [0, 0.1) is 17.2 Å². The van der Waals surface area contributed by atoms with Crippen LogP contribution in [0.3, 0.4) is 0 Å². The second-order valence-corrected chi connectivity index (χ2v) is 3.66. The summed E-state index contributed by atoms with van der Waals surface area (Å²) in [6.45, 7) is 0. The van der Waals surface area contributed by atoms with Crippen molar-refractivity contribution in [1.82, 2.24) is 0 Å². The maximum Gasteiger partial charge on any atom is 0.260 e. The number of allylic oxidation sites excluding steroid dienone is 1. The van der Waals surface area contributed by atoms with Crippen molar-refractivity contribution >= 4 is 17.5 Å². The Morgan fingerprint density at radius 2 is 2.06 bits per heavy atom. The zero-order chi connectivity index (χ0) is 13.1. The van der Waals surface area contributed by atoms with Crippen LogP contribution in [0.1, 0.15) is 6.42 Å². The van der Waals surface area contributed by atoms with Gasteiger partial charge in [0, 0.05) is 6.08 Å². The topological polar surface area (TPSA) is 84.0 Å². The number of amidine groups is 1. The number of nitrogens with zero attached hydrogens (tertiary/aromatic N) is 3. The lowest BCUT2D eigenvalue weighted by Crippen LogP contribution is -2.29. The van der Waals surface area contributed by atoms with E-state index in [-0.39, 0.29) is 18.2 Å². The molecule has 0 aromatic carbocycles. The molecule has 1 atom stereocenters. The van der Waals surface area contributed by atoms with Gasteiger partial charge in [-0.3, -0.25) is 4.79 Å². The number of aliphatic imine (C=N–C) groups is 2. The van der Waals surface area contributed by atoms with E-state index >= 15 is 0 Å². The van der Waals surface area contributed by atoms with Crippen molar-refractivity contribution in [2.75, 3.05) is 14.2 Å². The van der Waals surface area contributed by atoms with Gasteiger partial charge in [0.2, 0.25) is 0 Å². The van der Waals surface area contributed by atoms with E-state index in [1.54, 1.807) is 12.2 Å². The van der Waals surface area contributed by atoms with Crippen LogP contribution in [0.15, 0.2) is 33.7 Å². The average Bonchev–Trinajstić information content (AvgIpc) is 2.37. The van der Waals surface area contributed by atoms with Crippen molar-refractivity contribution in [3.8, 4) is 6.07 Å². The number of fused-ring (bicyclic) bond motifs is 1. The molecular formula is C12H11N3O3. The Hall–Kier alpha value is -2.42. The Morgan fingerprint density at radius 3 is 2.67 bits per heavy atom. The van der Waals surface area contributed by atoms with E-state index in [1.165, 1.54) is 14.2 Å². The van der Waals surface area contributed by atoms with Crippen LogP contribution < -0.4 is 0 Å². The number of hydrogen-bond donors (Lipinski definition) is 0. The van der Waals surface area contributed by atoms with Crippen molar-refractivity contribution < 1.29 is 14.3 Å². The van der Waals surface area contributed by atoms with Crippen molar-refractivity contribution in [2.24, 2.45) is 15.9 Å². The van der Waals surface area contributed by atoms with Gasteiger partial charge in [-0.25, -0.2) is 4.99 Å². The number of rotatable bonds is 3. The Kier molecular flexibility index (Phi) is 3.24. The highest BCUT2D eigenvalue weighted by Crippen LogP contribution is 2.25. The van der Waals surface area contributed by atoms with Crippen LogP contribution >= 0.6 is 0 Å². The molecule has 1 amide bonds. The minimum Gasteiger partial charge on any atom is -0.493 e. The molecule has 18 heavy (non-hydrogen) atoms. The summed E-state index contributed by atoms with van der Waals surface area (Å²) in [4.78, 5) is 19.8. The number of carbonyl (C=O) groups excluding carboxylic acids is 1. The Morgan fingerprint density at radius 1 is 1.33 bits per heavy atom. The predicted octanol–water partition coefficient (Wildman–Crippen LogP) is 0.970. The van der Waals surface area contributed by atoms with Crippen LogP contribution in [0.2, 0.25) is 0 Å². The van der Waals surface area contributed by atoms with Crippen LogP contribution in [-0.4, -0.2) is 31.7 Å². The zero-order valence-corrected chi connectivity index (χ0v) is 10.0. The number of methoxy groups -OCH3 is 2. The van der Waals surface area contributed by atoms with Crippen LogP contribution in [-0.2, 0) is 14.3 Å². The van der Waals surface area contributed by atoms with E-state index in [0.29, 0.717) is 17.2 Å². The van der Waals surface area contributed by atoms with E-state index < -0.39 is 5.92 Å². The molecule has 2 aliphatic rings. The molecule has 0 spiro atoms. The van der Waals surface area contributed by atoms with Gasteiger partial charge in [-0.2, -0.15) is 10.3 Å². The van der Waals surface area contributed by atoms with Gasteiger partial charge in [-0.1, -0.05) is 0 Å². The molecule has 0 saturated heterocycles. The first kappa shape index (κ1) is 12.0. The summed E-state index contributed by atoms with van der Waals surface area (Å²) < 4.78 is 10.3. The summed E-state index contributed by atoms with van der Waals surface area (Å²) in [6, 6.07) is 1.92. The van der Waals surface area contributed by atoms with E-state index in [9.17, 15) is 4.79 Å². The molecule has 0 radical (unpaired) electrons. The fourth-order valence-corrected chi connectivity index (χ4v) is 1.76. The molecule has 6 nitrogen and oxygen atoms in total. The number of carbonyl (C=O) groups is 1. The summed E-state index contributed by atoms with van der Waals surface area (Å²) in [5, 5.41) is 8.60. The molecule has 0 aromatic heterocycles. The first-order valence-corrected chi connectivity index (χ1v) is 5.28. The van der Waals surface area contributed by atoms with Gasteiger partial charge in [-0.15, -0.1) is 0 Å². The van der Waals surface area contributed by atoms with E-state index in [0.717, 1.165) is 0 Å². The molecule has 92 valence electrons. The zero-order valence-electron chi connectivity index (χ0n) is 10.0. The first-order chi connectivity index (χ1) is 8.69. The minimum atomic E-state index is -0.554. The molecular weight excluding hydrogens is 234 g/mol. The summed E-state index contributed by atoms with van der Waals surface area (Å²) in [5.41, 5.74) is 0.526. The normalized spacial score (nSPS) is 21.8. The third kappa shape index (κ3) is 2.02. The van der Waals surface area contributed by atoms with Crippen LogP contribution in [0.4, 0.5) is 0 Å². The number of hydrogen-bond acceptors (Lipinski definition) is 5. The van der Waals surface area contributed by atoms with Crippen molar-refractivity contribution in [3.63, 3.8) is 0 Å². The Bertz CT molecular complexity index is 549. The average molecular weight is 245 g/mol. The number of amides is 1. The van der Waals surface area contributed by atoms with Crippen LogP contribution in [0.25, 0.3) is 0 Å². The SMILES string of the molecule is COC1=CC2=NC(CC#N)=NC(=O)C2C=C1OC. The third-order valence-corrected chi connectivity index (χ3v) is 2.60. The second-order valence-electron chi connectivity index (χ2n) is 3.66. The predicted molar refractivity (Wildman–Crippen MR) is 63.8 cm³/mol. The first-order valence-electron chi connectivity index (χ1n) is 5.28. The highest BCUT2D eigenvalue weighted by molar-refractivity contribution is 6.21. The Labute approximate surface area is 104 Å². The van der Waals surface area contributed by atoms with Gasteiger partial charge in [0.05, 0.1) is 32.4 Å². The lowest BCUT2D eigenvalue weighted by Gasteiger charge is -2.22. The van der Waals surface area contributed by atoms with Crippen molar-refractivity contribution in [3.05, 3.63) is 23.7 Å². The van der Waals surface area contributed by atoms with Gasteiger partial charge in [0.1, 0.15) is 11.8 Å². The second kappa shape index (κ2) is 4.84. The van der Waals surface area contributed by atoms with E-state index in [4.69, 9.17) is 14.7 Å². The highest BCUT2D eigenvalue weighted by atomic mass is 16.5. The summed E-state index contributed by atoms with van der Waals surface area (Å²) >= 11 is 0. The lowest BCUT2D eigenvalue weighted by atomic mass is 9.94. The van der Waals surface area contributed by atoms with Gasteiger partial charge < -0.3 is 9.47 Å². The van der Waals surface area contributed by atoms with Crippen LogP contribution in [0.5, 0.6) is 0 Å². The highest BCUT2D eigenvalue weighted by Gasteiger charge is 2.31.